The van der Waals surface area contributed by atoms with Crippen LogP contribution in [0.25, 0.3) is 0 Å². The maximum Gasteiger partial charge on any atom is 0.411 e. The van der Waals surface area contributed by atoms with Crippen molar-refractivity contribution in [2.24, 2.45) is 0 Å². The van der Waals surface area contributed by atoms with E-state index in [4.69, 9.17) is 4.74 Å². The third kappa shape index (κ3) is 6.58. The molecule has 1 saturated heterocycles. The van der Waals surface area contributed by atoms with Crippen molar-refractivity contribution in [3.05, 3.63) is 24.3 Å². The maximum atomic E-state index is 12.0. The normalized spacial score (nSPS) is 14.9. The Bertz CT molecular complexity index is 525. The number of benzene rings is 1. The van der Waals surface area contributed by atoms with Crippen LogP contribution in [0.4, 0.5) is 16.2 Å². The number of anilines is 2. The average Bonchev–Trinajstić information content (AvgIpc) is 2.58. The van der Waals surface area contributed by atoms with Crippen LogP contribution in [0.3, 0.4) is 0 Å². The SMILES string of the molecule is CCCCOC(=O)Nc1ccc(NC(=O)CN2CCCCC2)cc1. The van der Waals surface area contributed by atoms with E-state index >= 15 is 0 Å². The smallest absolute Gasteiger partial charge is 0.411 e. The number of likely N-dealkylation sites (tertiary alicyclic amines) is 1. The van der Waals surface area contributed by atoms with Crippen molar-refractivity contribution in [3.63, 3.8) is 0 Å². The van der Waals surface area contributed by atoms with Crippen LogP contribution in [0.5, 0.6) is 0 Å². The first-order valence-electron chi connectivity index (χ1n) is 8.73. The number of rotatable bonds is 7. The lowest BCUT2D eigenvalue weighted by atomic mass is 10.1. The van der Waals surface area contributed by atoms with Crippen LogP contribution in [0, 0.1) is 0 Å². The van der Waals surface area contributed by atoms with Gasteiger partial charge in [-0.1, -0.05) is 19.8 Å². The van der Waals surface area contributed by atoms with Crippen molar-refractivity contribution in [2.75, 3.05) is 36.9 Å². The van der Waals surface area contributed by atoms with E-state index in [2.05, 4.69) is 15.5 Å². The highest BCUT2D eigenvalue weighted by Gasteiger charge is 2.13. The van der Waals surface area contributed by atoms with Crippen molar-refractivity contribution >= 4 is 23.4 Å². The molecule has 0 aliphatic carbocycles. The summed E-state index contributed by atoms with van der Waals surface area (Å²) in [5.41, 5.74) is 1.37. The first-order valence-corrected chi connectivity index (χ1v) is 8.73. The standard InChI is InChI=1S/C18H27N3O3/c1-2-3-13-24-18(23)20-16-9-7-15(8-10-16)19-17(22)14-21-11-5-4-6-12-21/h7-10H,2-6,11-14H2,1H3,(H,19,22)(H,20,23). The molecule has 2 N–H and O–H groups in total. The number of nitrogens with one attached hydrogen (secondary N) is 2. The fourth-order valence-corrected chi connectivity index (χ4v) is 2.62. The van der Waals surface area contributed by atoms with Crippen LogP contribution >= 0.6 is 0 Å². The molecular formula is C18H27N3O3. The summed E-state index contributed by atoms with van der Waals surface area (Å²) in [7, 11) is 0. The van der Waals surface area contributed by atoms with Gasteiger partial charge in [0.1, 0.15) is 0 Å². The Morgan fingerprint density at radius 1 is 1.04 bits per heavy atom. The van der Waals surface area contributed by atoms with Gasteiger partial charge in [-0.05, 0) is 56.6 Å². The Morgan fingerprint density at radius 3 is 2.29 bits per heavy atom. The van der Waals surface area contributed by atoms with Crippen molar-refractivity contribution < 1.29 is 14.3 Å². The molecule has 1 aromatic carbocycles. The maximum absolute atomic E-state index is 12.0. The Hall–Kier alpha value is -2.08. The Balaban J connectivity index is 1.74. The fourth-order valence-electron chi connectivity index (χ4n) is 2.62. The average molecular weight is 333 g/mol. The molecule has 2 amide bonds. The van der Waals surface area contributed by atoms with Crippen LogP contribution in [-0.4, -0.2) is 43.1 Å². The topological polar surface area (TPSA) is 70.7 Å². The van der Waals surface area contributed by atoms with Crippen LogP contribution in [-0.2, 0) is 9.53 Å². The zero-order chi connectivity index (χ0) is 17.2. The summed E-state index contributed by atoms with van der Waals surface area (Å²) in [5, 5.41) is 5.55. The number of piperidine rings is 1. The van der Waals surface area contributed by atoms with Crippen LogP contribution in [0.2, 0.25) is 0 Å². The Morgan fingerprint density at radius 2 is 1.67 bits per heavy atom. The van der Waals surface area contributed by atoms with E-state index in [1.165, 1.54) is 19.3 Å². The van der Waals surface area contributed by atoms with Gasteiger partial charge in [0, 0.05) is 11.4 Å². The zero-order valence-corrected chi connectivity index (χ0v) is 14.3. The van der Waals surface area contributed by atoms with E-state index < -0.39 is 6.09 Å². The van der Waals surface area contributed by atoms with Crippen LogP contribution in [0.1, 0.15) is 39.0 Å². The highest BCUT2D eigenvalue weighted by atomic mass is 16.5. The number of carbonyl (C=O) groups is 2. The van der Waals surface area contributed by atoms with Crippen molar-refractivity contribution in [2.45, 2.75) is 39.0 Å². The molecule has 6 heteroatoms. The monoisotopic (exact) mass is 333 g/mol. The summed E-state index contributed by atoms with van der Waals surface area (Å²) in [5.74, 6) is -0.00316. The minimum atomic E-state index is -0.453. The molecule has 132 valence electrons. The molecule has 0 radical (unpaired) electrons. The van der Waals surface area contributed by atoms with Crippen molar-refractivity contribution in [3.8, 4) is 0 Å². The number of hydrogen-bond acceptors (Lipinski definition) is 4. The summed E-state index contributed by atoms with van der Waals surface area (Å²) >= 11 is 0. The van der Waals surface area contributed by atoms with E-state index in [0.717, 1.165) is 31.6 Å². The van der Waals surface area contributed by atoms with Crippen molar-refractivity contribution in [1.29, 1.82) is 0 Å². The highest BCUT2D eigenvalue weighted by molar-refractivity contribution is 5.92. The summed E-state index contributed by atoms with van der Waals surface area (Å²) < 4.78 is 5.04. The largest absolute Gasteiger partial charge is 0.449 e. The summed E-state index contributed by atoms with van der Waals surface area (Å²) in [6.45, 7) is 4.89. The first-order chi connectivity index (χ1) is 11.7. The lowest BCUT2D eigenvalue weighted by Gasteiger charge is -2.25. The van der Waals surface area contributed by atoms with Crippen LogP contribution in [0.15, 0.2) is 24.3 Å². The minimum absolute atomic E-state index is 0.00316. The number of unbranched alkanes of at least 4 members (excludes halogenated alkanes) is 1. The fraction of sp³-hybridized carbons (Fsp3) is 0.556. The number of nitrogens with zero attached hydrogens (tertiary/aromatic N) is 1. The lowest BCUT2D eigenvalue weighted by Crippen LogP contribution is -2.36. The van der Waals surface area contributed by atoms with E-state index in [0.29, 0.717) is 18.8 Å². The molecule has 1 aromatic rings. The molecule has 0 saturated carbocycles. The molecule has 6 nitrogen and oxygen atoms in total. The lowest BCUT2D eigenvalue weighted by molar-refractivity contribution is -0.117. The van der Waals surface area contributed by atoms with Gasteiger partial charge in [0.25, 0.3) is 0 Å². The quantitative estimate of drug-likeness (QED) is 0.750. The second kappa shape index (κ2) is 9.93. The second-order valence-electron chi connectivity index (χ2n) is 6.08. The molecule has 1 fully saturated rings. The molecule has 0 bridgehead atoms. The van der Waals surface area contributed by atoms with Gasteiger partial charge in [-0.25, -0.2) is 4.79 Å². The van der Waals surface area contributed by atoms with Crippen molar-refractivity contribution in [1.82, 2.24) is 4.90 Å². The predicted molar refractivity (Wildman–Crippen MR) is 95.2 cm³/mol. The van der Waals surface area contributed by atoms with E-state index in [1.807, 2.05) is 6.92 Å². The third-order valence-corrected chi connectivity index (χ3v) is 3.96. The van der Waals surface area contributed by atoms with Gasteiger partial charge in [-0.3, -0.25) is 15.0 Å². The molecule has 1 heterocycles. The second-order valence-corrected chi connectivity index (χ2v) is 6.08. The van der Waals surface area contributed by atoms with Gasteiger partial charge in [0.2, 0.25) is 5.91 Å². The number of carbonyl (C=O) groups excluding carboxylic acids is 2. The molecule has 1 aliphatic heterocycles. The van der Waals surface area contributed by atoms with Gasteiger partial charge in [-0.15, -0.1) is 0 Å². The van der Waals surface area contributed by atoms with Gasteiger partial charge < -0.3 is 10.1 Å². The Labute approximate surface area is 143 Å². The number of amides is 2. The van der Waals surface area contributed by atoms with Gasteiger partial charge >= 0.3 is 6.09 Å². The summed E-state index contributed by atoms with van der Waals surface area (Å²) in [6, 6.07) is 7.04. The highest BCUT2D eigenvalue weighted by Crippen LogP contribution is 2.14. The zero-order valence-electron chi connectivity index (χ0n) is 14.3. The predicted octanol–water partition coefficient (Wildman–Crippen LogP) is 3.46. The van der Waals surface area contributed by atoms with E-state index in [-0.39, 0.29) is 5.91 Å². The van der Waals surface area contributed by atoms with E-state index in [1.54, 1.807) is 24.3 Å². The van der Waals surface area contributed by atoms with Crippen LogP contribution < -0.4 is 10.6 Å². The van der Waals surface area contributed by atoms with E-state index in [9.17, 15) is 9.59 Å². The molecule has 24 heavy (non-hydrogen) atoms. The molecule has 0 atom stereocenters. The molecule has 1 aliphatic rings. The molecule has 0 aromatic heterocycles. The third-order valence-electron chi connectivity index (χ3n) is 3.96. The first kappa shape index (κ1) is 18.3. The minimum Gasteiger partial charge on any atom is -0.449 e. The van der Waals surface area contributed by atoms with Gasteiger partial charge in [0.15, 0.2) is 0 Å². The summed E-state index contributed by atoms with van der Waals surface area (Å²) in [6.07, 6.45) is 4.98. The number of ether oxygens (including phenoxy) is 1. The Kier molecular flexibility index (Phi) is 7.55. The molecule has 0 spiro atoms. The molecular weight excluding hydrogens is 306 g/mol. The number of hydrogen-bond donors (Lipinski definition) is 2. The summed E-state index contributed by atoms with van der Waals surface area (Å²) in [4.78, 5) is 25.8. The molecule has 2 rings (SSSR count). The van der Waals surface area contributed by atoms with Gasteiger partial charge in [-0.2, -0.15) is 0 Å². The molecule has 0 unspecified atom stereocenters. The van der Waals surface area contributed by atoms with Gasteiger partial charge in [0.05, 0.1) is 13.2 Å².